The normalized spacial score (nSPS) is 24.1. The largest absolute Gasteiger partial charge is 0.304 e. The van der Waals surface area contributed by atoms with Crippen molar-refractivity contribution in [3.8, 4) is 0 Å². The molecule has 10 rings (SSSR count). The smallest absolute Gasteiger partial charge is 0.284 e. The number of para-hydroxylation sites is 4. The van der Waals surface area contributed by atoms with Crippen molar-refractivity contribution in [3.05, 3.63) is 193 Å². The van der Waals surface area contributed by atoms with Crippen LogP contribution in [0.25, 0.3) is 0 Å². The van der Waals surface area contributed by atoms with E-state index in [4.69, 9.17) is 0 Å². The zero-order chi connectivity index (χ0) is 42.8. The van der Waals surface area contributed by atoms with Crippen LogP contribution in [0.1, 0.15) is 35.5 Å². The van der Waals surface area contributed by atoms with Gasteiger partial charge in [0.2, 0.25) is 0 Å². The van der Waals surface area contributed by atoms with E-state index in [1.165, 1.54) is 0 Å². The Labute approximate surface area is 376 Å². The summed E-state index contributed by atoms with van der Waals surface area (Å²) in [6.07, 6.45) is 0.885. The van der Waals surface area contributed by atoms with Gasteiger partial charge in [0.05, 0.1) is 6.04 Å². The van der Waals surface area contributed by atoms with E-state index < -0.39 is 26.5 Å². The Kier molecular flexibility index (Phi) is 12.1. The molecule has 6 aromatic carbocycles. The summed E-state index contributed by atoms with van der Waals surface area (Å²) in [5.41, 5.74) is 5.78. The molecule has 0 bridgehead atoms. The van der Waals surface area contributed by atoms with Crippen LogP contribution in [0, 0.1) is 0 Å². The van der Waals surface area contributed by atoms with Crippen molar-refractivity contribution in [3.63, 3.8) is 0 Å². The maximum Gasteiger partial charge on any atom is 0.284 e. The predicted octanol–water partition coefficient (Wildman–Crippen LogP) is 11.3. The van der Waals surface area contributed by atoms with E-state index in [0.717, 1.165) is 46.2 Å². The molecule has 5 unspecified atom stereocenters. The molecule has 4 aliphatic heterocycles. The van der Waals surface area contributed by atoms with Gasteiger partial charge in [0.15, 0.2) is 0 Å². The fourth-order valence-electron chi connectivity index (χ4n) is 10.3. The highest BCUT2D eigenvalue weighted by molar-refractivity contribution is 8.00. The number of rotatable bonds is 11. The summed E-state index contributed by atoms with van der Waals surface area (Å²) in [7, 11) is -7.10. The molecule has 4 saturated heterocycles. The monoisotopic (exact) mass is 892 g/mol. The maximum atomic E-state index is 17.4. The molecule has 63 heavy (non-hydrogen) atoms. The number of hydrogen-bond acceptors (Lipinski definition) is 6. The van der Waals surface area contributed by atoms with Gasteiger partial charge in [0, 0.05) is 92.4 Å². The van der Waals surface area contributed by atoms with Gasteiger partial charge in [-0.05, 0) is 59.7 Å². The fourth-order valence-corrected chi connectivity index (χ4v) is 19.4. The molecule has 322 valence electrons. The van der Waals surface area contributed by atoms with Gasteiger partial charge in [-0.2, -0.15) is 11.8 Å². The third kappa shape index (κ3) is 7.85. The third-order valence-electron chi connectivity index (χ3n) is 13.2. The lowest BCUT2D eigenvalue weighted by Gasteiger charge is -2.48. The van der Waals surface area contributed by atoms with Gasteiger partial charge in [0.25, 0.3) is 14.9 Å². The van der Waals surface area contributed by atoms with Gasteiger partial charge in [-0.1, -0.05) is 133 Å². The van der Waals surface area contributed by atoms with Crippen LogP contribution in [-0.2, 0) is 13.9 Å². The number of benzene rings is 6. The number of thioether (sulfide) groups is 1. The second-order valence-electron chi connectivity index (χ2n) is 16.8. The minimum atomic E-state index is -3.63. The Morgan fingerprint density at radius 3 is 1.33 bits per heavy atom. The molecule has 0 aromatic heterocycles. The molecule has 0 saturated carbocycles. The summed E-state index contributed by atoms with van der Waals surface area (Å²) in [5, 5.41) is -0.00360. The molecule has 0 spiro atoms. The third-order valence-corrected chi connectivity index (χ3v) is 21.5. The first-order valence-corrected chi connectivity index (χ1v) is 26.6. The van der Waals surface area contributed by atoms with Crippen LogP contribution in [0.4, 0.5) is 22.7 Å². The molecule has 4 heterocycles. The minimum absolute atomic E-state index is 0.00360. The van der Waals surface area contributed by atoms with Gasteiger partial charge in [-0.3, -0.25) is 28.4 Å². The number of nitrogens with zero attached hydrogens (tertiary/aromatic N) is 6. The second-order valence-corrected chi connectivity index (χ2v) is 23.4. The Hall–Kier alpha value is -5.08. The van der Waals surface area contributed by atoms with Crippen molar-refractivity contribution in [2.75, 3.05) is 70.2 Å². The van der Waals surface area contributed by atoms with E-state index in [-0.39, 0.29) is 17.1 Å². The lowest BCUT2D eigenvalue weighted by Crippen LogP contribution is -2.50. The van der Waals surface area contributed by atoms with Crippen molar-refractivity contribution >= 4 is 55.2 Å². The number of likely N-dealkylation sites (tertiary alicyclic amines) is 1. The van der Waals surface area contributed by atoms with Gasteiger partial charge in [0.1, 0.15) is 17.3 Å². The molecule has 0 N–H and O–H groups in total. The van der Waals surface area contributed by atoms with E-state index in [2.05, 4.69) is 113 Å². The lowest BCUT2D eigenvalue weighted by molar-refractivity contribution is -0.121. The highest BCUT2D eigenvalue weighted by Gasteiger charge is 2.59. The SMILES string of the molecule is O=C1CCN(C(c2ccccc2)P2(=O)N(c3ccccc3)CC(C3CN(C(c4ccccc4)P4(=O)N(c5ccccc5)CCN4c4ccccc4)CCS3)N2c2ccccc2)CC1. The van der Waals surface area contributed by atoms with Gasteiger partial charge in [-0.25, -0.2) is 0 Å². The van der Waals surface area contributed by atoms with Crippen LogP contribution in [0.5, 0.6) is 0 Å². The van der Waals surface area contributed by atoms with Crippen LogP contribution in [-0.4, -0.2) is 78.4 Å². The Bertz CT molecular complexity index is 2500. The van der Waals surface area contributed by atoms with Crippen LogP contribution in [0.15, 0.2) is 182 Å². The van der Waals surface area contributed by atoms with E-state index >= 15 is 9.13 Å². The molecular formula is C51H54N6O3P2S. The van der Waals surface area contributed by atoms with Gasteiger partial charge in [-0.15, -0.1) is 0 Å². The Balaban J connectivity index is 1.11. The van der Waals surface area contributed by atoms with Crippen molar-refractivity contribution in [1.29, 1.82) is 0 Å². The average Bonchev–Trinajstić information content (AvgIpc) is 3.86. The van der Waals surface area contributed by atoms with Crippen molar-refractivity contribution in [2.24, 2.45) is 0 Å². The number of hydrogen-bond donors (Lipinski definition) is 0. The van der Waals surface area contributed by atoms with E-state index in [1.807, 2.05) is 109 Å². The highest BCUT2D eigenvalue weighted by Crippen LogP contribution is 2.73. The Morgan fingerprint density at radius 1 is 0.444 bits per heavy atom. The summed E-state index contributed by atoms with van der Waals surface area (Å²) in [6.45, 7) is 4.30. The molecule has 12 heteroatoms. The number of piperidine rings is 1. The maximum absolute atomic E-state index is 17.4. The zero-order valence-electron chi connectivity index (χ0n) is 35.4. The quantitative estimate of drug-likeness (QED) is 0.117. The average molecular weight is 893 g/mol. The minimum Gasteiger partial charge on any atom is -0.304 e. The zero-order valence-corrected chi connectivity index (χ0v) is 38.0. The first-order valence-electron chi connectivity index (χ1n) is 22.2. The Morgan fingerprint density at radius 2 is 0.857 bits per heavy atom. The van der Waals surface area contributed by atoms with Crippen molar-refractivity contribution in [2.45, 2.75) is 35.7 Å². The lowest BCUT2D eigenvalue weighted by atomic mass is 10.1. The molecule has 0 aliphatic carbocycles. The highest BCUT2D eigenvalue weighted by atomic mass is 32.2. The molecule has 6 aromatic rings. The molecular weight excluding hydrogens is 839 g/mol. The first-order chi connectivity index (χ1) is 30.9. The van der Waals surface area contributed by atoms with Crippen LogP contribution in [0.3, 0.4) is 0 Å². The van der Waals surface area contributed by atoms with E-state index in [9.17, 15) is 4.79 Å². The van der Waals surface area contributed by atoms with Crippen molar-refractivity contribution < 1.29 is 13.9 Å². The van der Waals surface area contributed by atoms with Crippen LogP contribution >= 0.6 is 26.6 Å². The molecule has 4 fully saturated rings. The molecule has 0 amide bonds. The molecule has 4 aliphatic rings. The second kappa shape index (κ2) is 18.2. The van der Waals surface area contributed by atoms with Crippen molar-refractivity contribution in [1.82, 2.24) is 9.80 Å². The van der Waals surface area contributed by atoms with Gasteiger partial charge < -0.3 is 14.0 Å². The summed E-state index contributed by atoms with van der Waals surface area (Å²) in [6, 6.07) is 61.8. The standard InChI is InChI=1S/C51H54N6O3P2S/c58-47-31-33-52(34-32-47)50(41-19-7-1-8-20-41)62(60)56(45-27-15-5-16-28-45)39-48(57(62)46-29-17-6-18-30-46)49-40-53(37-38-63-49)51(42-21-9-2-10-22-42)61(59)54(43-23-11-3-12-24-43)35-36-55(61)44-25-13-4-14-26-44/h1-30,48-51H,31-40H2. The van der Waals surface area contributed by atoms with Crippen LogP contribution in [0.2, 0.25) is 0 Å². The molecule has 0 radical (unpaired) electrons. The first kappa shape index (κ1) is 41.9. The number of Topliss-reactive ketones (excluding diaryl/α,β-unsaturated/α-hetero) is 1. The summed E-state index contributed by atoms with van der Waals surface area (Å²) < 4.78 is 43.2. The topological polar surface area (TPSA) is 70.6 Å². The fraction of sp³-hybridized carbons (Fsp3) is 0.275. The number of ketones is 1. The molecule has 5 atom stereocenters. The summed E-state index contributed by atoms with van der Waals surface area (Å²) in [5.74, 6) is 0.143. The van der Waals surface area contributed by atoms with E-state index in [1.54, 1.807) is 0 Å². The predicted molar refractivity (Wildman–Crippen MR) is 261 cm³/mol. The van der Waals surface area contributed by atoms with Crippen LogP contribution < -0.4 is 18.7 Å². The number of carbonyl (C=O) groups is 1. The van der Waals surface area contributed by atoms with E-state index in [0.29, 0.717) is 52.1 Å². The summed E-state index contributed by atoms with van der Waals surface area (Å²) in [4.78, 5) is 17.6. The summed E-state index contributed by atoms with van der Waals surface area (Å²) >= 11 is 1.95. The number of anilines is 4. The molecule has 9 nitrogen and oxygen atoms in total. The van der Waals surface area contributed by atoms with Gasteiger partial charge >= 0.3 is 0 Å². The number of carbonyl (C=O) groups excluding carboxylic acids is 1.